The maximum absolute atomic E-state index is 12.9. The molecule has 0 saturated heterocycles. The minimum atomic E-state index is 0.0286. The molecule has 0 bridgehead atoms. The van der Waals surface area contributed by atoms with E-state index in [0.29, 0.717) is 11.7 Å². The molecule has 0 aliphatic rings. The van der Waals surface area contributed by atoms with Gasteiger partial charge < -0.3 is 4.90 Å². The van der Waals surface area contributed by atoms with Crippen LogP contribution in [-0.2, 0) is 11.3 Å². The number of nitrogens with zero attached hydrogens (tertiary/aromatic N) is 6. The SMILES string of the molecule is Cc1ccc(-n2cnnc2SCC(=O)N(C)Cc2c(C)nn(-c3ccccc3)c2C)cc1C. The van der Waals surface area contributed by atoms with Gasteiger partial charge in [0.05, 0.1) is 17.1 Å². The number of para-hydroxylation sites is 1. The lowest BCUT2D eigenvalue weighted by molar-refractivity contribution is -0.127. The summed E-state index contributed by atoms with van der Waals surface area (Å²) in [5.41, 5.74) is 7.48. The van der Waals surface area contributed by atoms with E-state index < -0.39 is 0 Å². The Kier molecular flexibility index (Phi) is 6.65. The first kappa shape index (κ1) is 22.8. The lowest BCUT2D eigenvalue weighted by atomic mass is 10.1. The molecule has 0 atom stereocenters. The molecule has 0 fully saturated rings. The van der Waals surface area contributed by atoms with Gasteiger partial charge in [0.1, 0.15) is 6.33 Å². The van der Waals surface area contributed by atoms with E-state index in [4.69, 9.17) is 0 Å². The quantitative estimate of drug-likeness (QED) is 0.382. The van der Waals surface area contributed by atoms with Crippen molar-refractivity contribution in [1.29, 1.82) is 0 Å². The molecule has 0 N–H and O–H groups in total. The van der Waals surface area contributed by atoms with Gasteiger partial charge in [0, 0.05) is 30.5 Å². The summed E-state index contributed by atoms with van der Waals surface area (Å²) in [5, 5.41) is 13.7. The Bertz CT molecular complexity index is 1280. The van der Waals surface area contributed by atoms with Crippen molar-refractivity contribution in [3.8, 4) is 11.4 Å². The molecule has 0 aliphatic heterocycles. The molecular formula is C25H28N6OS. The highest BCUT2D eigenvalue weighted by Gasteiger charge is 2.18. The zero-order valence-corrected chi connectivity index (χ0v) is 20.4. The van der Waals surface area contributed by atoms with E-state index in [1.54, 1.807) is 11.2 Å². The third kappa shape index (κ3) is 4.85. The van der Waals surface area contributed by atoms with Crippen molar-refractivity contribution >= 4 is 17.7 Å². The minimum absolute atomic E-state index is 0.0286. The highest BCUT2D eigenvalue weighted by Crippen LogP contribution is 2.23. The predicted molar refractivity (Wildman–Crippen MR) is 131 cm³/mol. The number of benzene rings is 2. The zero-order chi connectivity index (χ0) is 23.5. The molecule has 33 heavy (non-hydrogen) atoms. The molecule has 0 radical (unpaired) electrons. The number of thioether (sulfide) groups is 1. The molecule has 7 nitrogen and oxygen atoms in total. The van der Waals surface area contributed by atoms with Crippen molar-refractivity contribution in [2.45, 2.75) is 39.4 Å². The number of aromatic nitrogens is 5. The molecule has 4 rings (SSSR count). The largest absolute Gasteiger partial charge is 0.341 e. The molecule has 2 aromatic carbocycles. The average Bonchev–Trinajstić information content (AvgIpc) is 3.39. The maximum atomic E-state index is 12.9. The fourth-order valence-electron chi connectivity index (χ4n) is 3.66. The van der Waals surface area contributed by atoms with E-state index in [1.807, 2.05) is 66.5 Å². The minimum Gasteiger partial charge on any atom is -0.341 e. The van der Waals surface area contributed by atoms with Gasteiger partial charge in [-0.1, -0.05) is 36.0 Å². The highest BCUT2D eigenvalue weighted by molar-refractivity contribution is 7.99. The van der Waals surface area contributed by atoms with Crippen LogP contribution in [0.2, 0.25) is 0 Å². The van der Waals surface area contributed by atoms with Crippen molar-refractivity contribution in [2.75, 3.05) is 12.8 Å². The van der Waals surface area contributed by atoms with Gasteiger partial charge in [-0.25, -0.2) is 4.68 Å². The van der Waals surface area contributed by atoms with Gasteiger partial charge in [-0.15, -0.1) is 10.2 Å². The van der Waals surface area contributed by atoms with E-state index in [0.717, 1.165) is 28.3 Å². The molecule has 170 valence electrons. The second-order valence-corrected chi connectivity index (χ2v) is 9.13. The van der Waals surface area contributed by atoms with Gasteiger partial charge in [0.2, 0.25) is 5.91 Å². The Morgan fingerprint density at radius 3 is 2.48 bits per heavy atom. The molecule has 0 saturated carbocycles. The van der Waals surface area contributed by atoms with E-state index in [1.165, 1.54) is 22.9 Å². The number of amides is 1. The average molecular weight is 461 g/mol. The third-order valence-electron chi connectivity index (χ3n) is 5.87. The Hall–Kier alpha value is -3.39. The van der Waals surface area contributed by atoms with Crippen LogP contribution in [0, 0.1) is 27.7 Å². The van der Waals surface area contributed by atoms with Crippen molar-refractivity contribution < 1.29 is 4.79 Å². The summed E-state index contributed by atoms with van der Waals surface area (Å²) in [7, 11) is 1.83. The van der Waals surface area contributed by atoms with Crippen LogP contribution in [0.4, 0.5) is 0 Å². The monoisotopic (exact) mass is 460 g/mol. The summed E-state index contributed by atoms with van der Waals surface area (Å²) in [6.07, 6.45) is 1.69. The summed E-state index contributed by atoms with van der Waals surface area (Å²) < 4.78 is 3.85. The number of hydrogen-bond donors (Lipinski definition) is 0. The summed E-state index contributed by atoms with van der Waals surface area (Å²) in [6.45, 7) is 8.71. The van der Waals surface area contributed by atoms with Crippen LogP contribution in [0.15, 0.2) is 60.0 Å². The molecule has 0 aliphatic carbocycles. The summed E-state index contributed by atoms with van der Waals surface area (Å²) in [4.78, 5) is 14.7. The van der Waals surface area contributed by atoms with Crippen molar-refractivity contribution in [3.63, 3.8) is 0 Å². The first-order chi connectivity index (χ1) is 15.8. The maximum Gasteiger partial charge on any atom is 0.233 e. The molecular weight excluding hydrogens is 432 g/mol. The first-order valence-electron chi connectivity index (χ1n) is 10.8. The van der Waals surface area contributed by atoms with E-state index in [2.05, 4.69) is 41.3 Å². The molecule has 1 amide bonds. The Morgan fingerprint density at radius 1 is 1.00 bits per heavy atom. The van der Waals surface area contributed by atoms with E-state index >= 15 is 0 Å². The summed E-state index contributed by atoms with van der Waals surface area (Å²) in [5.74, 6) is 0.311. The van der Waals surface area contributed by atoms with Crippen LogP contribution in [0.5, 0.6) is 0 Å². The van der Waals surface area contributed by atoms with Gasteiger partial charge in [-0.2, -0.15) is 5.10 Å². The molecule has 4 aromatic rings. The zero-order valence-electron chi connectivity index (χ0n) is 19.6. The summed E-state index contributed by atoms with van der Waals surface area (Å²) in [6, 6.07) is 16.3. The molecule has 2 aromatic heterocycles. The first-order valence-corrected chi connectivity index (χ1v) is 11.8. The Labute approximate surface area is 198 Å². The smallest absolute Gasteiger partial charge is 0.233 e. The van der Waals surface area contributed by atoms with Crippen LogP contribution in [0.1, 0.15) is 28.1 Å². The van der Waals surface area contributed by atoms with Gasteiger partial charge in [-0.05, 0) is 63.1 Å². The van der Waals surface area contributed by atoms with E-state index in [9.17, 15) is 4.79 Å². The van der Waals surface area contributed by atoms with Gasteiger partial charge in [0.15, 0.2) is 5.16 Å². The topological polar surface area (TPSA) is 68.8 Å². The van der Waals surface area contributed by atoms with Gasteiger partial charge in [-0.3, -0.25) is 9.36 Å². The van der Waals surface area contributed by atoms with E-state index in [-0.39, 0.29) is 11.7 Å². The molecule has 0 spiro atoms. The van der Waals surface area contributed by atoms with Gasteiger partial charge in [0.25, 0.3) is 0 Å². The van der Waals surface area contributed by atoms with Crippen molar-refractivity contribution in [3.05, 3.63) is 82.9 Å². The fraction of sp³-hybridized carbons (Fsp3) is 0.280. The predicted octanol–water partition coefficient (Wildman–Crippen LogP) is 4.44. The van der Waals surface area contributed by atoms with Crippen LogP contribution in [0.25, 0.3) is 11.4 Å². The standard InChI is InChI=1S/C25H28N6OS/c1-17-11-12-22(13-18(17)2)30-16-26-27-25(30)33-15-24(32)29(5)14-23-19(3)28-31(20(23)4)21-9-7-6-8-10-21/h6-13,16H,14-15H2,1-5H3. The van der Waals surface area contributed by atoms with Crippen LogP contribution in [-0.4, -0.2) is 48.2 Å². The number of carbonyl (C=O) groups excluding carboxylic acids is 1. The molecule has 2 heterocycles. The molecule has 0 unspecified atom stereocenters. The number of carbonyl (C=O) groups is 1. The lowest BCUT2D eigenvalue weighted by Gasteiger charge is -2.17. The van der Waals surface area contributed by atoms with Crippen molar-refractivity contribution in [1.82, 2.24) is 29.4 Å². The number of rotatable bonds is 7. The summed E-state index contributed by atoms with van der Waals surface area (Å²) >= 11 is 1.39. The van der Waals surface area contributed by atoms with Crippen LogP contribution < -0.4 is 0 Å². The normalized spacial score (nSPS) is 11.1. The van der Waals surface area contributed by atoms with Crippen molar-refractivity contribution in [2.24, 2.45) is 0 Å². The Morgan fingerprint density at radius 2 is 1.76 bits per heavy atom. The second kappa shape index (κ2) is 9.62. The second-order valence-electron chi connectivity index (χ2n) is 8.19. The van der Waals surface area contributed by atoms with Gasteiger partial charge >= 0.3 is 0 Å². The van der Waals surface area contributed by atoms with Crippen LogP contribution in [0.3, 0.4) is 0 Å². The highest BCUT2D eigenvalue weighted by atomic mass is 32.2. The van der Waals surface area contributed by atoms with Crippen LogP contribution >= 0.6 is 11.8 Å². The number of aryl methyl sites for hydroxylation is 3. The fourth-order valence-corrected chi connectivity index (χ4v) is 4.53. The third-order valence-corrected chi connectivity index (χ3v) is 6.80. The number of hydrogen-bond acceptors (Lipinski definition) is 5. The Balaban J connectivity index is 1.43. The lowest BCUT2D eigenvalue weighted by Crippen LogP contribution is -2.28. The molecule has 8 heteroatoms.